The van der Waals surface area contributed by atoms with Crippen molar-refractivity contribution in [2.24, 2.45) is 0 Å². The monoisotopic (exact) mass is 221 g/mol. The third kappa shape index (κ3) is 1.49. The van der Waals surface area contributed by atoms with Crippen molar-refractivity contribution < 1.29 is 32.7 Å². The Kier molecular flexibility index (Phi) is 2.74. The average molecular weight is 221 g/mol. The summed E-state index contributed by atoms with van der Waals surface area (Å²) in [6.45, 7) is 2.00. The van der Waals surface area contributed by atoms with Crippen molar-refractivity contribution >= 4 is 5.65 Å². The number of aryl methyl sites for hydroxylation is 1. The Morgan fingerprint density at radius 2 is 2.36 bits per heavy atom. The third-order valence-corrected chi connectivity index (χ3v) is 1.44. The van der Waals surface area contributed by atoms with Crippen molar-refractivity contribution in [3.63, 3.8) is 0 Å². The molecule has 4 heteroatoms. The Bertz CT molecular complexity index is 355. The zero-order chi connectivity index (χ0) is 6.97. The van der Waals surface area contributed by atoms with Gasteiger partial charge in [0.05, 0.1) is 0 Å². The molecule has 0 amide bonds. The zero-order valence-electron chi connectivity index (χ0n) is 6.15. The minimum atomic E-state index is 0. The smallest absolute Gasteiger partial charge is 0.0450 e. The van der Waals surface area contributed by atoms with Gasteiger partial charge in [-0.2, -0.15) is 5.10 Å². The number of aromatic nitrogens is 3. The van der Waals surface area contributed by atoms with Gasteiger partial charge in [-0.1, -0.05) is 24.8 Å². The number of hydrogen-bond donors (Lipinski definition) is 0. The molecule has 0 bridgehead atoms. The average Bonchev–Trinajstić information content (AvgIpc) is 2.36. The Labute approximate surface area is 89.7 Å². The van der Waals surface area contributed by atoms with Gasteiger partial charge in [0.1, 0.15) is 0 Å². The second-order valence-corrected chi connectivity index (χ2v) is 2.15. The summed E-state index contributed by atoms with van der Waals surface area (Å²) in [7, 11) is 0. The first kappa shape index (κ1) is 8.82. The largest absolute Gasteiger partial charge is 0.434 e. The minimum absolute atomic E-state index is 0. The predicted molar refractivity (Wildman–Crippen MR) is 36.6 cm³/mol. The summed E-state index contributed by atoms with van der Waals surface area (Å²) in [5, 5.41) is 4.02. The van der Waals surface area contributed by atoms with E-state index >= 15 is 0 Å². The molecule has 2 rings (SSSR count). The van der Waals surface area contributed by atoms with Crippen LogP contribution in [0.3, 0.4) is 0 Å². The Hall–Kier alpha value is -0.276. The molecule has 0 fully saturated rings. The normalized spacial score (nSPS) is 9.55. The van der Waals surface area contributed by atoms with Crippen LogP contribution in [0.1, 0.15) is 5.56 Å². The van der Waals surface area contributed by atoms with E-state index in [1.54, 1.807) is 16.9 Å². The third-order valence-electron chi connectivity index (χ3n) is 1.44. The van der Waals surface area contributed by atoms with Gasteiger partial charge in [-0.05, 0) is 0 Å². The molecule has 11 heavy (non-hydrogen) atoms. The van der Waals surface area contributed by atoms with Crippen LogP contribution in [0.5, 0.6) is 0 Å². The maximum absolute atomic E-state index is 4.02. The van der Waals surface area contributed by atoms with E-state index in [1.165, 1.54) is 0 Å². The SMILES string of the molecule is Cc1ccnn2c[c-]nc12.[Y]. The van der Waals surface area contributed by atoms with Crippen LogP contribution in [0, 0.1) is 13.1 Å². The van der Waals surface area contributed by atoms with Gasteiger partial charge in [-0.3, -0.25) is 0 Å². The van der Waals surface area contributed by atoms with Crippen LogP contribution in [0.15, 0.2) is 18.5 Å². The van der Waals surface area contributed by atoms with E-state index in [4.69, 9.17) is 0 Å². The van der Waals surface area contributed by atoms with Crippen molar-refractivity contribution in [2.45, 2.75) is 6.92 Å². The van der Waals surface area contributed by atoms with Crippen molar-refractivity contribution in [1.82, 2.24) is 14.6 Å². The van der Waals surface area contributed by atoms with Crippen LogP contribution in [-0.2, 0) is 32.7 Å². The van der Waals surface area contributed by atoms with Crippen LogP contribution in [0.25, 0.3) is 5.65 Å². The first-order chi connectivity index (χ1) is 4.88. The first-order valence-corrected chi connectivity index (χ1v) is 3.05. The van der Waals surface area contributed by atoms with Gasteiger partial charge in [0.2, 0.25) is 0 Å². The molecule has 0 saturated carbocycles. The van der Waals surface area contributed by atoms with E-state index in [0.29, 0.717) is 0 Å². The molecule has 0 atom stereocenters. The summed E-state index contributed by atoms with van der Waals surface area (Å²) in [5.41, 5.74) is 2.00. The predicted octanol–water partition coefficient (Wildman–Crippen LogP) is 0.835. The Morgan fingerprint density at radius 1 is 1.55 bits per heavy atom. The van der Waals surface area contributed by atoms with Gasteiger partial charge in [0.25, 0.3) is 0 Å². The Balaban J connectivity index is 0.000000605. The van der Waals surface area contributed by atoms with Crippen molar-refractivity contribution in [2.75, 3.05) is 0 Å². The fourth-order valence-electron chi connectivity index (χ4n) is 0.905. The van der Waals surface area contributed by atoms with Crippen molar-refractivity contribution in [1.29, 1.82) is 0 Å². The molecule has 0 unspecified atom stereocenters. The summed E-state index contributed by atoms with van der Waals surface area (Å²) in [4.78, 5) is 3.99. The maximum Gasteiger partial charge on any atom is 0.0450 e. The van der Waals surface area contributed by atoms with Gasteiger partial charge in [0.15, 0.2) is 0 Å². The van der Waals surface area contributed by atoms with Crippen LogP contribution in [0.2, 0.25) is 0 Å². The van der Waals surface area contributed by atoms with Gasteiger partial charge in [-0.25, -0.2) is 0 Å². The zero-order valence-corrected chi connectivity index (χ0v) is 8.99. The molecule has 0 saturated heterocycles. The first-order valence-electron chi connectivity index (χ1n) is 3.05. The number of rotatable bonds is 0. The number of nitrogens with zero attached hydrogens (tertiary/aromatic N) is 3. The molecule has 2 aromatic rings. The van der Waals surface area contributed by atoms with E-state index in [2.05, 4.69) is 16.3 Å². The molecule has 2 aromatic heterocycles. The molecule has 2 heterocycles. The van der Waals surface area contributed by atoms with E-state index in [-0.39, 0.29) is 32.7 Å². The number of fused-ring (bicyclic) bond motifs is 1. The summed E-state index contributed by atoms with van der Waals surface area (Å²) in [6.07, 6.45) is 6.19. The van der Waals surface area contributed by atoms with Gasteiger partial charge < -0.3 is 9.50 Å². The fraction of sp³-hybridized carbons (Fsp3) is 0.143. The molecule has 3 nitrogen and oxygen atoms in total. The molecular weight excluding hydrogens is 215 g/mol. The van der Waals surface area contributed by atoms with Crippen LogP contribution < -0.4 is 0 Å². The van der Waals surface area contributed by atoms with Gasteiger partial charge >= 0.3 is 0 Å². The van der Waals surface area contributed by atoms with E-state index in [9.17, 15) is 0 Å². The maximum atomic E-state index is 4.02. The number of hydrogen-bond acceptors (Lipinski definition) is 2. The molecule has 0 spiro atoms. The van der Waals surface area contributed by atoms with Crippen molar-refractivity contribution in [3.8, 4) is 0 Å². The molecular formula is C7H6N3Y-. The van der Waals surface area contributed by atoms with E-state index < -0.39 is 0 Å². The molecule has 0 aliphatic rings. The summed E-state index contributed by atoms with van der Waals surface area (Å²) < 4.78 is 1.70. The number of imidazole rings is 1. The molecule has 0 aliphatic carbocycles. The molecule has 0 N–H and O–H groups in total. The molecule has 0 aromatic carbocycles. The second kappa shape index (κ2) is 3.41. The topological polar surface area (TPSA) is 30.2 Å². The van der Waals surface area contributed by atoms with E-state index in [0.717, 1.165) is 11.2 Å². The molecule has 0 aliphatic heterocycles. The van der Waals surface area contributed by atoms with Gasteiger partial charge in [-0.15, -0.1) is 6.20 Å². The standard InChI is InChI=1S/C7H6N3.Y/c1-6-2-3-9-10-5-4-8-7(6)10;/h2-3,5H,1H3;/q-1;. The molecule has 1 radical (unpaired) electrons. The van der Waals surface area contributed by atoms with Crippen LogP contribution in [-0.4, -0.2) is 14.6 Å². The van der Waals surface area contributed by atoms with E-state index in [1.807, 2.05) is 13.0 Å². The van der Waals surface area contributed by atoms with Gasteiger partial charge in [0, 0.05) is 44.6 Å². The van der Waals surface area contributed by atoms with Crippen LogP contribution >= 0.6 is 0 Å². The minimum Gasteiger partial charge on any atom is -0.434 e. The molecule has 53 valence electrons. The summed E-state index contributed by atoms with van der Waals surface area (Å²) in [5.74, 6) is 0. The second-order valence-electron chi connectivity index (χ2n) is 2.15. The Morgan fingerprint density at radius 3 is 3.09 bits per heavy atom. The van der Waals surface area contributed by atoms with Crippen LogP contribution in [0.4, 0.5) is 0 Å². The fourth-order valence-corrected chi connectivity index (χ4v) is 0.905. The summed E-state index contributed by atoms with van der Waals surface area (Å²) >= 11 is 0. The van der Waals surface area contributed by atoms with Crippen molar-refractivity contribution in [3.05, 3.63) is 30.2 Å². The quantitative estimate of drug-likeness (QED) is 0.617. The summed E-state index contributed by atoms with van der Waals surface area (Å²) in [6, 6.07) is 1.93.